The zero-order valence-electron chi connectivity index (χ0n) is 10.5. The first-order valence-corrected chi connectivity index (χ1v) is 6.93. The third kappa shape index (κ3) is 3.03. The van der Waals surface area contributed by atoms with Gasteiger partial charge in [-0.1, -0.05) is 6.07 Å². The van der Waals surface area contributed by atoms with Crippen LogP contribution >= 0.6 is 0 Å². The molecule has 0 fully saturated rings. The lowest BCUT2D eigenvalue weighted by Crippen LogP contribution is -2.10. The average molecular weight is 279 g/mol. The fourth-order valence-corrected chi connectivity index (χ4v) is 2.41. The van der Waals surface area contributed by atoms with Gasteiger partial charge in [-0.25, -0.2) is 0 Å². The van der Waals surface area contributed by atoms with E-state index in [0.29, 0.717) is 5.75 Å². The Bertz CT molecular complexity index is 668. The maximum Gasteiger partial charge on any atom is 0.340 e. The average Bonchev–Trinajstić information content (AvgIpc) is 2.41. The Kier molecular flexibility index (Phi) is 3.71. The van der Waals surface area contributed by atoms with E-state index in [-0.39, 0.29) is 10.6 Å². The summed E-state index contributed by atoms with van der Waals surface area (Å²) in [5, 5.41) is 0. The van der Waals surface area contributed by atoms with Crippen LogP contribution in [-0.4, -0.2) is 20.5 Å². The largest absolute Gasteiger partial charge is 0.493 e. The van der Waals surface area contributed by atoms with Crippen molar-refractivity contribution in [3.05, 3.63) is 48.3 Å². The van der Waals surface area contributed by atoms with Crippen molar-refractivity contribution in [3.8, 4) is 11.5 Å². The molecule has 0 aliphatic rings. The molecule has 0 spiro atoms. The van der Waals surface area contributed by atoms with Gasteiger partial charge in [-0.2, -0.15) is 8.42 Å². The molecule has 2 aromatic rings. The van der Waals surface area contributed by atoms with Crippen LogP contribution < -0.4 is 8.92 Å². The summed E-state index contributed by atoms with van der Waals surface area (Å²) < 4.78 is 34.2. The molecular formula is C13H13NO4S. The molecule has 0 amide bonds. The number of rotatable bonds is 4. The smallest absolute Gasteiger partial charge is 0.340 e. The second-order valence-electron chi connectivity index (χ2n) is 3.88. The summed E-state index contributed by atoms with van der Waals surface area (Å²) in [6.45, 7) is 1.88. The van der Waals surface area contributed by atoms with Crippen molar-refractivity contribution in [2.45, 2.75) is 11.8 Å². The molecular weight excluding hydrogens is 266 g/mol. The summed E-state index contributed by atoms with van der Waals surface area (Å²) in [4.78, 5) is 3.76. The van der Waals surface area contributed by atoms with Gasteiger partial charge in [0.05, 0.1) is 7.11 Å². The summed E-state index contributed by atoms with van der Waals surface area (Å²) in [6, 6.07) is 7.96. The van der Waals surface area contributed by atoms with E-state index in [1.165, 1.54) is 31.6 Å². The molecule has 0 N–H and O–H groups in total. The van der Waals surface area contributed by atoms with Gasteiger partial charge in [0.15, 0.2) is 11.5 Å². The number of ether oxygens (including phenoxy) is 1. The molecule has 19 heavy (non-hydrogen) atoms. The highest BCUT2D eigenvalue weighted by Gasteiger charge is 2.19. The Morgan fingerprint density at radius 2 is 1.95 bits per heavy atom. The van der Waals surface area contributed by atoms with Crippen LogP contribution in [0.15, 0.2) is 47.6 Å². The minimum Gasteiger partial charge on any atom is -0.493 e. The van der Waals surface area contributed by atoms with Crippen LogP contribution in [0.2, 0.25) is 0 Å². The predicted octanol–water partition coefficient (Wildman–Crippen LogP) is 2.17. The van der Waals surface area contributed by atoms with Gasteiger partial charge in [0.2, 0.25) is 0 Å². The number of aryl methyl sites for hydroxylation is 1. The monoisotopic (exact) mass is 279 g/mol. The topological polar surface area (TPSA) is 65.5 Å². The molecule has 2 rings (SSSR count). The maximum atomic E-state index is 12.0. The summed E-state index contributed by atoms with van der Waals surface area (Å²) in [7, 11) is -2.44. The molecule has 0 bridgehead atoms. The van der Waals surface area contributed by atoms with Crippen molar-refractivity contribution in [1.29, 1.82) is 0 Å². The number of aromatic nitrogens is 1. The molecule has 6 heteroatoms. The second kappa shape index (κ2) is 5.27. The molecule has 0 atom stereocenters. The normalized spacial score (nSPS) is 11.1. The Morgan fingerprint density at radius 1 is 1.16 bits per heavy atom. The van der Waals surface area contributed by atoms with E-state index in [0.717, 1.165) is 5.56 Å². The van der Waals surface area contributed by atoms with Gasteiger partial charge in [-0.15, -0.1) is 0 Å². The molecule has 0 radical (unpaired) electrons. The van der Waals surface area contributed by atoms with Crippen LogP contribution in [0.25, 0.3) is 0 Å². The third-order valence-electron chi connectivity index (χ3n) is 2.44. The van der Waals surface area contributed by atoms with Crippen LogP contribution in [0, 0.1) is 6.92 Å². The van der Waals surface area contributed by atoms with E-state index in [1.54, 1.807) is 18.2 Å². The third-order valence-corrected chi connectivity index (χ3v) is 3.66. The van der Waals surface area contributed by atoms with Crippen molar-refractivity contribution in [1.82, 2.24) is 4.98 Å². The number of benzene rings is 1. The predicted molar refractivity (Wildman–Crippen MR) is 69.8 cm³/mol. The van der Waals surface area contributed by atoms with Gasteiger partial charge in [-0.05, 0) is 36.8 Å². The molecule has 100 valence electrons. The summed E-state index contributed by atoms with van der Waals surface area (Å²) >= 11 is 0. The van der Waals surface area contributed by atoms with Gasteiger partial charge in [-0.3, -0.25) is 4.98 Å². The SMILES string of the molecule is COc1cc(C)ccc1OS(=O)(=O)c1cccnc1. The van der Waals surface area contributed by atoms with Crippen molar-refractivity contribution in [3.63, 3.8) is 0 Å². The Hall–Kier alpha value is -2.08. The summed E-state index contributed by atoms with van der Waals surface area (Å²) in [5.41, 5.74) is 0.947. The van der Waals surface area contributed by atoms with Gasteiger partial charge < -0.3 is 8.92 Å². The highest BCUT2D eigenvalue weighted by molar-refractivity contribution is 7.87. The fraction of sp³-hybridized carbons (Fsp3) is 0.154. The molecule has 5 nitrogen and oxygen atoms in total. The minimum absolute atomic E-state index is 0.00220. The zero-order valence-corrected chi connectivity index (χ0v) is 11.3. The first-order valence-electron chi connectivity index (χ1n) is 5.52. The van der Waals surface area contributed by atoms with E-state index >= 15 is 0 Å². The Balaban J connectivity index is 2.36. The second-order valence-corrected chi connectivity index (χ2v) is 5.43. The Labute approximate surface area is 111 Å². The molecule has 0 saturated heterocycles. The van der Waals surface area contributed by atoms with Crippen LogP contribution in [0.1, 0.15) is 5.56 Å². The molecule has 0 aliphatic carbocycles. The zero-order chi connectivity index (χ0) is 13.9. The van der Waals surface area contributed by atoms with E-state index < -0.39 is 10.1 Å². The van der Waals surface area contributed by atoms with E-state index in [1.807, 2.05) is 6.92 Å². The van der Waals surface area contributed by atoms with Gasteiger partial charge >= 0.3 is 10.1 Å². The first-order chi connectivity index (χ1) is 9.03. The van der Waals surface area contributed by atoms with Crippen LogP contribution in [-0.2, 0) is 10.1 Å². The van der Waals surface area contributed by atoms with Gasteiger partial charge in [0.1, 0.15) is 4.90 Å². The highest BCUT2D eigenvalue weighted by Crippen LogP contribution is 2.30. The molecule has 1 aromatic heterocycles. The van der Waals surface area contributed by atoms with Crippen LogP contribution in [0.4, 0.5) is 0 Å². The number of pyridine rings is 1. The molecule has 1 heterocycles. The maximum absolute atomic E-state index is 12.0. The summed E-state index contributed by atoms with van der Waals surface area (Å²) in [6.07, 6.45) is 2.72. The lowest BCUT2D eigenvalue weighted by Gasteiger charge is -2.10. The van der Waals surface area contributed by atoms with Crippen LogP contribution in [0.5, 0.6) is 11.5 Å². The Morgan fingerprint density at radius 3 is 2.58 bits per heavy atom. The lowest BCUT2D eigenvalue weighted by molar-refractivity contribution is 0.390. The molecule has 0 saturated carbocycles. The van der Waals surface area contributed by atoms with Crippen molar-refractivity contribution in [2.75, 3.05) is 7.11 Å². The molecule has 0 unspecified atom stereocenters. The van der Waals surface area contributed by atoms with E-state index in [9.17, 15) is 8.42 Å². The van der Waals surface area contributed by atoms with E-state index in [2.05, 4.69) is 4.98 Å². The lowest BCUT2D eigenvalue weighted by atomic mass is 10.2. The van der Waals surface area contributed by atoms with Gasteiger partial charge in [0.25, 0.3) is 0 Å². The minimum atomic E-state index is -3.90. The molecule has 1 aromatic carbocycles. The standard InChI is InChI=1S/C13H13NO4S/c1-10-5-6-12(13(8-10)17-2)18-19(15,16)11-4-3-7-14-9-11/h3-9H,1-2H3. The number of nitrogens with zero attached hydrogens (tertiary/aromatic N) is 1. The fourth-order valence-electron chi connectivity index (χ4n) is 1.50. The van der Waals surface area contributed by atoms with Crippen molar-refractivity contribution < 1.29 is 17.3 Å². The van der Waals surface area contributed by atoms with E-state index in [4.69, 9.17) is 8.92 Å². The molecule has 0 aliphatic heterocycles. The summed E-state index contributed by atoms with van der Waals surface area (Å²) in [5.74, 6) is 0.518. The van der Waals surface area contributed by atoms with Crippen LogP contribution in [0.3, 0.4) is 0 Å². The van der Waals surface area contributed by atoms with Crippen molar-refractivity contribution in [2.24, 2.45) is 0 Å². The van der Waals surface area contributed by atoms with Crippen molar-refractivity contribution >= 4 is 10.1 Å². The number of methoxy groups -OCH3 is 1. The van der Waals surface area contributed by atoms with Gasteiger partial charge in [0, 0.05) is 12.4 Å². The quantitative estimate of drug-likeness (QED) is 0.802. The number of hydrogen-bond donors (Lipinski definition) is 0. The first kappa shape index (κ1) is 13.4. The number of hydrogen-bond acceptors (Lipinski definition) is 5. The highest BCUT2D eigenvalue weighted by atomic mass is 32.2.